The molecule has 0 aliphatic carbocycles. The van der Waals surface area contributed by atoms with Crippen LogP contribution in [0.4, 0.5) is 0 Å². The number of rotatable bonds is 5. The number of ether oxygens (including phenoxy) is 3. The summed E-state index contributed by atoms with van der Waals surface area (Å²) < 4.78 is 16.3. The Labute approximate surface area is 113 Å². The fraction of sp³-hybridized carbons (Fsp3) is 1.00. The van der Waals surface area contributed by atoms with E-state index in [9.17, 15) is 15.3 Å². The van der Waals surface area contributed by atoms with Crippen molar-refractivity contribution in [1.29, 1.82) is 0 Å². The molecule has 3 N–H and O–H groups in total. The van der Waals surface area contributed by atoms with Crippen molar-refractivity contribution in [2.24, 2.45) is 0 Å². The zero-order valence-electron chi connectivity index (χ0n) is 11.3. The van der Waals surface area contributed by atoms with E-state index in [2.05, 4.69) is 6.92 Å². The zero-order chi connectivity index (χ0) is 13.8. The number of hydrogen-bond acceptors (Lipinski definition) is 6. The highest BCUT2D eigenvalue weighted by Gasteiger charge is 2.47. The van der Waals surface area contributed by atoms with Gasteiger partial charge in [0.15, 0.2) is 12.6 Å². The van der Waals surface area contributed by atoms with E-state index >= 15 is 0 Å². The third-order valence-corrected chi connectivity index (χ3v) is 3.71. The predicted octanol–water partition coefficient (Wildman–Crippen LogP) is 0.137. The van der Waals surface area contributed by atoms with Crippen LogP contribution >= 0.6 is 0 Å². The van der Waals surface area contributed by atoms with E-state index in [0.717, 1.165) is 19.3 Å². The van der Waals surface area contributed by atoms with E-state index < -0.39 is 30.7 Å². The van der Waals surface area contributed by atoms with Gasteiger partial charge in [-0.25, -0.2) is 0 Å². The molecule has 6 atom stereocenters. The summed E-state index contributed by atoms with van der Waals surface area (Å²) >= 11 is 0. The summed E-state index contributed by atoms with van der Waals surface area (Å²) in [7, 11) is 0. The smallest absolute Gasteiger partial charge is 0.184 e. The van der Waals surface area contributed by atoms with Crippen LogP contribution in [-0.4, -0.2) is 58.9 Å². The van der Waals surface area contributed by atoms with Crippen LogP contribution in [-0.2, 0) is 14.2 Å². The zero-order valence-corrected chi connectivity index (χ0v) is 11.3. The van der Waals surface area contributed by atoms with Crippen LogP contribution < -0.4 is 0 Å². The number of aliphatic hydroxyl groups is 3. The predicted molar refractivity (Wildman–Crippen MR) is 66.3 cm³/mol. The highest BCUT2D eigenvalue weighted by molar-refractivity contribution is 4.91. The summed E-state index contributed by atoms with van der Waals surface area (Å²) in [6.45, 7) is 2.42. The first-order chi connectivity index (χ1) is 9.13. The fourth-order valence-corrected chi connectivity index (χ4v) is 2.53. The molecule has 0 aromatic rings. The quantitative estimate of drug-likeness (QED) is 0.619. The lowest BCUT2D eigenvalue weighted by Crippen LogP contribution is -2.62. The molecule has 6 nitrogen and oxygen atoms in total. The Bertz CT molecular complexity index is 270. The van der Waals surface area contributed by atoms with Crippen molar-refractivity contribution in [1.82, 2.24) is 0 Å². The monoisotopic (exact) mass is 276 g/mol. The van der Waals surface area contributed by atoms with Crippen LogP contribution in [0.1, 0.15) is 39.0 Å². The van der Waals surface area contributed by atoms with E-state index in [-0.39, 0.29) is 12.9 Å². The second kappa shape index (κ2) is 6.97. The molecule has 0 aromatic heterocycles. The van der Waals surface area contributed by atoms with Gasteiger partial charge in [0.25, 0.3) is 0 Å². The van der Waals surface area contributed by atoms with Crippen molar-refractivity contribution in [2.75, 3.05) is 6.61 Å². The van der Waals surface area contributed by atoms with Gasteiger partial charge in [0.2, 0.25) is 0 Å². The molecular formula is C13H24O6. The van der Waals surface area contributed by atoms with Gasteiger partial charge in [0, 0.05) is 0 Å². The fourth-order valence-electron chi connectivity index (χ4n) is 2.53. The van der Waals surface area contributed by atoms with Gasteiger partial charge >= 0.3 is 0 Å². The molecule has 0 radical (unpaired) electrons. The molecule has 112 valence electrons. The van der Waals surface area contributed by atoms with E-state index in [1.165, 1.54) is 12.8 Å². The van der Waals surface area contributed by atoms with E-state index in [4.69, 9.17) is 14.2 Å². The first-order valence-corrected chi connectivity index (χ1v) is 7.10. The van der Waals surface area contributed by atoms with Gasteiger partial charge in [-0.15, -0.1) is 0 Å². The van der Waals surface area contributed by atoms with Crippen molar-refractivity contribution in [3.8, 4) is 0 Å². The molecule has 2 aliphatic rings. The van der Waals surface area contributed by atoms with Gasteiger partial charge in [-0.2, -0.15) is 0 Å². The topological polar surface area (TPSA) is 88.4 Å². The third-order valence-electron chi connectivity index (χ3n) is 3.71. The maximum atomic E-state index is 9.90. The molecular weight excluding hydrogens is 252 g/mol. The molecule has 0 saturated carbocycles. The summed E-state index contributed by atoms with van der Waals surface area (Å²) in [5, 5.41) is 28.9. The molecule has 6 heteroatoms. The van der Waals surface area contributed by atoms with Gasteiger partial charge in [-0.3, -0.25) is 0 Å². The van der Waals surface area contributed by atoms with Gasteiger partial charge in [0.1, 0.15) is 24.4 Å². The van der Waals surface area contributed by atoms with Gasteiger partial charge < -0.3 is 29.5 Å². The average Bonchev–Trinajstić information content (AvgIpc) is 2.42. The van der Waals surface area contributed by atoms with Crippen LogP contribution in [0.15, 0.2) is 0 Å². The molecule has 0 amide bonds. The standard InChI is InChI=1S/C13H24O6/c1-2-3-4-5-6-9-17-7-8-12(19-9)10(14)11(15)13(16)18-8/h8-16H,2-7H2,1H3. The molecule has 2 aliphatic heterocycles. The first kappa shape index (κ1) is 15.2. The van der Waals surface area contributed by atoms with Crippen LogP contribution in [0.3, 0.4) is 0 Å². The van der Waals surface area contributed by atoms with Gasteiger partial charge in [-0.05, 0) is 12.8 Å². The maximum absolute atomic E-state index is 9.90. The summed E-state index contributed by atoms with van der Waals surface area (Å²) in [6.07, 6.45) is -0.105. The second-order valence-corrected chi connectivity index (χ2v) is 5.26. The Balaban J connectivity index is 1.80. The van der Waals surface area contributed by atoms with Crippen molar-refractivity contribution in [3.63, 3.8) is 0 Å². The van der Waals surface area contributed by atoms with Crippen LogP contribution in [0.5, 0.6) is 0 Å². The lowest BCUT2D eigenvalue weighted by atomic mass is 9.98. The third kappa shape index (κ3) is 3.65. The minimum absolute atomic E-state index is 0.268. The number of aliphatic hydroxyl groups excluding tert-OH is 3. The molecule has 2 heterocycles. The number of fused-ring (bicyclic) bond motifs is 1. The minimum Gasteiger partial charge on any atom is -0.387 e. The Morgan fingerprint density at radius 1 is 1.00 bits per heavy atom. The Kier molecular flexibility index (Phi) is 5.56. The van der Waals surface area contributed by atoms with Gasteiger partial charge in [0.05, 0.1) is 6.61 Å². The van der Waals surface area contributed by atoms with Crippen LogP contribution in [0, 0.1) is 0 Å². The van der Waals surface area contributed by atoms with E-state index in [1.807, 2.05) is 0 Å². The molecule has 6 unspecified atom stereocenters. The van der Waals surface area contributed by atoms with E-state index in [0.29, 0.717) is 0 Å². The molecule has 2 saturated heterocycles. The van der Waals surface area contributed by atoms with Crippen molar-refractivity contribution in [3.05, 3.63) is 0 Å². The Hall–Kier alpha value is -0.240. The largest absolute Gasteiger partial charge is 0.387 e. The number of unbranched alkanes of at least 4 members (excludes halogenated alkanes) is 3. The second-order valence-electron chi connectivity index (χ2n) is 5.26. The molecule has 19 heavy (non-hydrogen) atoms. The number of hydrogen-bond donors (Lipinski definition) is 3. The minimum atomic E-state index is -1.38. The Morgan fingerprint density at radius 3 is 2.53 bits per heavy atom. The van der Waals surface area contributed by atoms with Crippen LogP contribution in [0.25, 0.3) is 0 Å². The highest BCUT2D eigenvalue weighted by Crippen LogP contribution is 2.28. The summed E-state index contributed by atoms with van der Waals surface area (Å²) in [5.41, 5.74) is 0. The molecule has 0 aromatic carbocycles. The lowest BCUT2D eigenvalue weighted by molar-refractivity contribution is -0.352. The summed E-state index contributed by atoms with van der Waals surface area (Å²) in [5.74, 6) is 0. The van der Waals surface area contributed by atoms with E-state index in [1.54, 1.807) is 0 Å². The average molecular weight is 276 g/mol. The SMILES string of the molecule is CCCCCCC1OCC2OC(O)C(O)C(O)C2O1. The van der Waals surface area contributed by atoms with Gasteiger partial charge in [-0.1, -0.05) is 26.2 Å². The summed E-state index contributed by atoms with van der Waals surface area (Å²) in [6, 6.07) is 0. The molecule has 2 fully saturated rings. The molecule has 0 bridgehead atoms. The normalized spacial score (nSPS) is 42.9. The maximum Gasteiger partial charge on any atom is 0.184 e. The first-order valence-electron chi connectivity index (χ1n) is 7.10. The molecule has 2 rings (SSSR count). The van der Waals surface area contributed by atoms with Crippen molar-refractivity contribution >= 4 is 0 Å². The lowest BCUT2D eigenvalue weighted by Gasteiger charge is -2.45. The highest BCUT2D eigenvalue weighted by atomic mass is 16.7. The van der Waals surface area contributed by atoms with Crippen LogP contribution in [0.2, 0.25) is 0 Å². The van der Waals surface area contributed by atoms with Crippen molar-refractivity contribution < 1.29 is 29.5 Å². The molecule has 0 spiro atoms. The Morgan fingerprint density at radius 2 is 1.79 bits per heavy atom. The summed E-state index contributed by atoms with van der Waals surface area (Å²) in [4.78, 5) is 0. The van der Waals surface area contributed by atoms with Crippen molar-refractivity contribution in [2.45, 2.75) is 76.0 Å².